The van der Waals surface area contributed by atoms with E-state index in [1.807, 2.05) is 0 Å². The number of rotatable bonds is 19. The van der Waals surface area contributed by atoms with Gasteiger partial charge in [0.2, 0.25) is 0 Å². The fourth-order valence-electron chi connectivity index (χ4n) is 6.96. The van der Waals surface area contributed by atoms with Crippen molar-refractivity contribution in [3.63, 3.8) is 0 Å². The van der Waals surface area contributed by atoms with Gasteiger partial charge in [0.1, 0.15) is 0 Å². The quantitative estimate of drug-likeness (QED) is 0.164. The zero-order chi connectivity index (χ0) is 25.0. The third-order valence-electron chi connectivity index (χ3n) is 10.1. The van der Waals surface area contributed by atoms with Crippen molar-refractivity contribution in [3.8, 4) is 0 Å². The smallest absolute Gasteiger partial charge is 0.0106 e. The molecule has 200 valence electrons. The molecule has 2 aliphatic carbocycles. The van der Waals surface area contributed by atoms with Gasteiger partial charge in [-0.3, -0.25) is 0 Å². The lowest BCUT2D eigenvalue weighted by molar-refractivity contribution is 0.119. The Kier molecular flexibility index (Phi) is 13.9. The fraction of sp³-hybridized carbons (Fsp3) is 0.941. The van der Waals surface area contributed by atoms with E-state index < -0.39 is 0 Å². The molecule has 0 nitrogen and oxygen atoms in total. The molecule has 1 fully saturated rings. The first-order chi connectivity index (χ1) is 16.2. The molecule has 0 heteroatoms. The van der Waals surface area contributed by atoms with E-state index in [0.29, 0.717) is 5.41 Å². The van der Waals surface area contributed by atoms with E-state index in [1.165, 1.54) is 122 Å². The van der Waals surface area contributed by atoms with E-state index in [0.717, 1.165) is 29.6 Å². The maximum absolute atomic E-state index is 2.53. The van der Waals surface area contributed by atoms with Crippen molar-refractivity contribution in [2.24, 2.45) is 35.0 Å². The molecule has 0 spiro atoms. The van der Waals surface area contributed by atoms with Crippen LogP contribution >= 0.6 is 0 Å². The minimum Gasteiger partial charge on any atom is -0.0697 e. The highest BCUT2D eigenvalue weighted by atomic mass is 14.4. The van der Waals surface area contributed by atoms with Gasteiger partial charge in [-0.25, -0.2) is 0 Å². The van der Waals surface area contributed by atoms with Crippen molar-refractivity contribution < 1.29 is 0 Å². The van der Waals surface area contributed by atoms with E-state index >= 15 is 0 Å². The molecular weight excluding hydrogens is 408 g/mol. The summed E-state index contributed by atoms with van der Waals surface area (Å²) in [4.78, 5) is 0. The van der Waals surface area contributed by atoms with E-state index in [4.69, 9.17) is 0 Å². The standard InChI is InChI=1S/C34H64/c1-8-34(22-12-18-29(5)15-10-17-30(6)25-33-26-31(33)7)23-20-32(21-24-34)19-11-16-28(4)14-9-13-27(2)3/h27-30,32H,8-26H2,1-7H3. The van der Waals surface area contributed by atoms with Gasteiger partial charge in [0.05, 0.1) is 0 Å². The van der Waals surface area contributed by atoms with Gasteiger partial charge in [-0.05, 0) is 86.9 Å². The van der Waals surface area contributed by atoms with Gasteiger partial charge in [-0.2, -0.15) is 0 Å². The molecule has 0 aromatic rings. The lowest BCUT2D eigenvalue weighted by Crippen LogP contribution is -2.27. The molecule has 1 saturated carbocycles. The van der Waals surface area contributed by atoms with Crippen molar-refractivity contribution >= 4 is 0 Å². The first-order valence-corrected chi connectivity index (χ1v) is 15.9. The summed E-state index contributed by atoms with van der Waals surface area (Å²) >= 11 is 0. The Morgan fingerprint density at radius 2 is 1.26 bits per heavy atom. The van der Waals surface area contributed by atoms with Crippen LogP contribution in [0, 0.1) is 35.0 Å². The van der Waals surface area contributed by atoms with Gasteiger partial charge in [0.15, 0.2) is 0 Å². The minimum atomic E-state index is 0.699. The second-order valence-corrected chi connectivity index (χ2v) is 14.0. The van der Waals surface area contributed by atoms with Crippen LogP contribution < -0.4 is 0 Å². The minimum absolute atomic E-state index is 0.699. The van der Waals surface area contributed by atoms with Crippen molar-refractivity contribution in [2.75, 3.05) is 0 Å². The molecule has 0 N–H and O–H groups in total. The van der Waals surface area contributed by atoms with Crippen LogP contribution in [-0.4, -0.2) is 0 Å². The maximum atomic E-state index is 2.53. The Hall–Kier alpha value is -0.260. The third-order valence-corrected chi connectivity index (χ3v) is 10.1. The van der Waals surface area contributed by atoms with E-state index in [1.54, 1.807) is 11.1 Å². The third kappa shape index (κ3) is 12.1. The van der Waals surface area contributed by atoms with Crippen molar-refractivity contribution in [1.82, 2.24) is 0 Å². The van der Waals surface area contributed by atoms with E-state index in [-0.39, 0.29) is 0 Å². The number of hydrogen-bond donors (Lipinski definition) is 0. The van der Waals surface area contributed by atoms with Crippen molar-refractivity contribution in [1.29, 1.82) is 0 Å². The molecule has 2 rings (SSSR count). The largest absolute Gasteiger partial charge is 0.0697 e. The molecule has 0 aliphatic heterocycles. The maximum Gasteiger partial charge on any atom is -0.0106 e. The molecule has 0 bridgehead atoms. The van der Waals surface area contributed by atoms with Crippen molar-refractivity contribution in [2.45, 2.75) is 170 Å². The average molecular weight is 473 g/mol. The first kappa shape index (κ1) is 30.0. The van der Waals surface area contributed by atoms with Crippen LogP contribution in [0.3, 0.4) is 0 Å². The lowest BCUT2D eigenvalue weighted by atomic mass is 9.65. The van der Waals surface area contributed by atoms with Crippen LogP contribution in [0.4, 0.5) is 0 Å². The van der Waals surface area contributed by atoms with Crippen LogP contribution in [0.15, 0.2) is 11.1 Å². The normalized spacial score (nSPS) is 25.6. The Morgan fingerprint density at radius 1 is 0.735 bits per heavy atom. The molecule has 3 unspecified atom stereocenters. The lowest BCUT2D eigenvalue weighted by Gasteiger charge is -2.40. The number of hydrogen-bond acceptors (Lipinski definition) is 0. The van der Waals surface area contributed by atoms with Gasteiger partial charge in [-0.1, -0.05) is 130 Å². The van der Waals surface area contributed by atoms with E-state index in [9.17, 15) is 0 Å². The summed E-state index contributed by atoms with van der Waals surface area (Å²) in [6, 6.07) is 0. The molecule has 2 aliphatic rings. The summed E-state index contributed by atoms with van der Waals surface area (Å²) in [6.45, 7) is 17.0. The van der Waals surface area contributed by atoms with Gasteiger partial charge < -0.3 is 0 Å². The van der Waals surface area contributed by atoms with Crippen LogP contribution in [0.5, 0.6) is 0 Å². The molecular formula is C34H64. The summed E-state index contributed by atoms with van der Waals surface area (Å²) in [5.74, 6) is 4.71. The van der Waals surface area contributed by atoms with Crippen LogP contribution in [0.25, 0.3) is 0 Å². The molecule has 3 atom stereocenters. The summed E-state index contributed by atoms with van der Waals surface area (Å²) in [5.41, 5.74) is 4.15. The van der Waals surface area contributed by atoms with Crippen molar-refractivity contribution in [3.05, 3.63) is 11.1 Å². The highest BCUT2D eigenvalue weighted by molar-refractivity contribution is 5.32. The average Bonchev–Trinajstić information content (AvgIpc) is 3.48. The SMILES string of the molecule is CCC1(CCCC(C)CCCC(C)CC2=C(C)C2)CCC(CCCC(C)CCCC(C)C)CC1. The monoisotopic (exact) mass is 473 g/mol. The Balaban J connectivity index is 1.52. The summed E-state index contributed by atoms with van der Waals surface area (Å²) in [5, 5.41) is 0. The molecule has 0 aromatic carbocycles. The van der Waals surface area contributed by atoms with Gasteiger partial charge in [-0.15, -0.1) is 0 Å². The van der Waals surface area contributed by atoms with Crippen LogP contribution in [0.1, 0.15) is 170 Å². The summed E-state index contributed by atoms with van der Waals surface area (Å²) in [7, 11) is 0. The Morgan fingerprint density at radius 3 is 1.82 bits per heavy atom. The second-order valence-electron chi connectivity index (χ2n) is 14.0. The van der Waals surface area contributed by atoms with Crippen LogP contribution in [0.2, 0.25) is 0 Å². The fourth-order valence-corrected chi connectivity index (χ4v) is 6.96. The first-order valence-electron chi connectivity index (χ1n) is 15.9. The predicted octanol–water partition coefficient (Wildman–Crippen LogP) is 11.9. The number of allylic oxidation sites excluding steroid dienone is 2. The highest BCUT2D eigenvalue weighted by Gasteiger charge is 2.33. The summed E-state index contributed by atoms with van der Waals surface area (Å²) < 4.78 is 0. The van der Waals surface area contributed by atoms with Gasteiger partial charge >= 0.3 is 0 Å². The molecule has 0 heterocycles. The topological polar surface area (TPSA) is 0 Å². The molecule has 0 amide bonds. The summed E-state index contributed by atoms with van der Waals surface area (Å²) in [6.07, 6.45) is 27.9. The molecule has 0 aromatic heterocycles. The zero-order valence-electron chi connectivity index (χ0n) is 24.8. The van der Waals surface area contributed by atoms with Gasteiger partial charge in [0.25, 0.3) is 0 Å². The molecule has 34 heavy (non-hydrogen) atoms. The molecule has 0 radical (unpaired) electrons. The Labute approximate surface area is 216 Å². The second kappa shape index (κ2) is 15.8. The Bertz CT molecular complexity index is 559. The molecule has 0 saturated heterocycles. The highest BCUT2D eigenvalue weighted by Crippen LogP contribution is 2.46. The van der Waals surface area contributed by atoms with Crippen LogP contribution in [-0.2, 0) is 0 Å². The predicted molar refractivity (Wildman–Crippen MR) is 154 cm³/mol. The van der Waals surface area contributed by atoms with E-state index in [2.05, 4.69) is 48.5 Å². The zero-order valence-corrected chi connectivity index (χ0v) is 24.8. The van der Waals surface area contributed by atoms with Gasteiger partial charge in [0, 0.05) is 0 Å².